The van der Waals surface area contributed by atoms with Crippen molar-refractivity contribution in [1.82, 2.24) is 0 Å². The molecule has 0 unspecified atom stereocenters. The summed E-state index contributed by atoms with van der Waals surface area (Å²) >= 11 is 6.07. The number of aromatic carboxylic acids is 1. The zero-order valence-corrected chi connectivity index (χ0v) is 11.8. The quantitative estimate of drug-likeness (QED) is 0.925. The first-order chi connectivity index (χ1) is 9.51. The Morgan fingerprint density at radius 1 is 1.35 bits per heavy atom. The second kappa shape index (κ2) is 6.13. The van der Waals surface area contributed by atoms with E-state index in [9.17, 15) is 9.59 Å². The van der Waals surface area contributed by atoms with E-state index in [1.165, 1.54) is 19.2 Å². The number of ether oxygens (including phenoxy) is 2. The monoisotopic (exact) mass is 298 g/mol. The largest absolute Gasteiger partial charge is 0.493 e. The van der Waals surface area contributed by atoms with Crippen molar-refractivity contribution in [1.29, 1.82) is 0 Å². The highest BCUT2D eigenvalue weighted by atomic mass is 35.5. The summed E-state index contributed by atoms with van der Waals surface area (Å²) in [4.78, 5) is 22.2. The van der Waals surface area contributed by atoms with Crippen LogP contribution in [0.25, 0.3) is 0 Å². The minimum atomic E-state index is -1.08. The molecule has 1 aromatic carbocycles. The van der Waals surface area contributed by atoms with Crippen LogP contribution >= 0.6 is 11.6 Å². The Morgan fingerprint density at radius 3 is 2.55 bits per heavy atom. The Labute approximate surface area is 121 Å². The third kappa shape index (κ3) is 3.22. The number of hydrogen-bond donors (Lipinski definition) is 1. The summed E-state index contributed by atoms with van der Waals surface area (Å²) in [7, 11) is 1.43. The lowest BCUT2D eigenvalue weighted by atomic mass is 9.96. The van der Waals surface area contributed by atoms with Crippen LogP contribution in [0.1, 0.15) is 36.0 Å². The molecule has 0 aromatic heterocycles. The number of Topliss-reactive ketones (excluding diaryl/α,β-unsaturated/α-hetero) is 1. The van der Waals surface area contributed by atoms with Gasteiger partial charge in [-0.25, -0.2) is 4.79 Å². The zero-order valence-electron chi connectivity index (χ0n) is 11.0. The van der Waals surface area contributed by atoms with E-state index < -0.39 is 5.97 Å². The summed E-state index contributed by atoms with van der Waals surface area (Å²) < 4.78 is 10.9. The normalized spacial score (nSPS) is 16.0. The van der Waals surface area contributed by atoms with Crippen LogP contribution < -0.4 is 9.47 Å². The fraction of sp³-hybridized carbons (Fsp3) is 0.429. The molecule has 0 bridgehead atoms. The minimum Gasteiger partial charge on any atom is -0.493 e. The number of ketones is 1. The molecular weight excluding hydrogens is 284 g/mol. The van der Waals surface area contributed by atoms with Gasteiger partial charge < -0.3 is 14.6 Å². The number of halogens is 1. The zero-order chi connectivity index (χ0) is 14.7. The third-order valence-corrected chi connectivity index (χ3v) is 3.53. The SMILES string of the molecule is COc1cc(C(=O)O)cc(Cl)c1OC1CCC(=O)CC1. The first-order valence-electron chi connectivity index (χ1n) is 6.30. The Balaban J connectivity index is 2.22. The van der Waals surface area contributed by atoms with Crippen molar-refractivity contribution in [2.75, 3.05) is 7.11 Å². The van der Waals surface area contributed by atoms with Gasteiger partial charge in [-0.05, 0) is 25.0 Å². The second-order valence-electron chi connectivity index (χ2n) is 4.65. The molecule has 5 nitrogen and oxygen atoms in total. The second-order valence-corrected chi connectivity index (χ2v) is 5.06. The van der Waals surface area contributed by atoms with Crippen molar-refractivity contribution in [3.05, 3.63) is 22.7 Å². The number of hydrogen-bond acceptors (Lipinski definition) is 4. The fourth-order valence-corrected chi connectivity index (χ4v) is 2.41. The van der Waals surface area contributed by atoms with Gasteiger partial charge in [-0.1, -0.05) is 11.6 Å². The van der Waals surface area contributed by atoms with Crippen molar-refractivity contribution in [3.8, 4) is 11.5 Å². The molecule has 0 heterocycles. The predicted octanol–water partition coefficient (Wildman–Crippen LogP) is 2.94. The Kier molecular flexibility index (Phi) is 4.49. The van der Waals surface area contributed by atoms with Gasteiger partial charge in [0.2, 0.25) is 0 Å². The molecule has 0 aliphatic heterocycles. The fourth-order valence-electron chi connectivity index (χ4n) is 2.16. The number of methoxy groups -OCH3 is 1. The van der Waals surface area contributed by atoms with Gasteiger partial charge in [-0.3, -0.25) is 4.79 Å². The summed E-state index contributed by atoms with van der Waals surface area (Å²) in [6.07, 6.45) is 2.17. The molecule has 1 aromatic rings. The van der Waals surface area contributed by atoms with Crippen LogP contribution in [0.3, 0.4) is 0 Å². The molecule has 1 saturated carbocycles. The highest BCUT2D eigenvalue weighted by Gasteiger charge is 2.23. The molecule has 1 aliphatic rings. The van der Waals surface area contributed by atoms with E-state index in [0.717, 1.165) is 0 Å². The molecule has 2 rings (SSSR count). The molecule has 0 atom stereocenters. The number of carbonyl (C=O) groups is 2. The predicted molar refractivity (Wildman–Crippen MR) is 72.9 cm³/mol. The van der Waals surface area contributed by atoms with E-state index in [0.29, 0.717) is 31.4 Å². The maximum absolute atomic E-state index is 11.2. The van der Waals surface area contributed by atoms with Crippen LogP contribution in [0.5, 0.6) is 11.5 Å². The Hall–Kier alpha value is -1.75. The number of carboxylic acids is 1. The first-order valence-corrected chi connectivity index (χ1v) is 6.68. The molecule has 0 spiro atoms. The van der Waals surface area contributed by atoms with E-state index in [4.69, 9.17) is 26.2 Å². The van der Waals surface area contributed by atoms with E-state index in [-0.39, 0.29) is 28.2 Å². The van der Waals surface area contributed by atoms with E-state index in [1.807, 2.05) is 0 Å². The van der Waals surface area contributed by atoms with Crippen LogP contribution in [0, 0.1) is 0 Å². The summed E-state index contributed by atoms with van der Waals surface area (Å²) in [5.41, 5.74) is 0.0398. The molecule has 108 valence electrons. The van der Waals surface area contributed by atoms with Crippen LogP contribution in [0.2, 0.25) is 5.02 Å². The van der Waals surface area contributed by atoms with Gasteiger partial charge in [0.05, 0.1) is 23.8 Å². The first kappa shape index (κ1) is 14.7. The average molecular weight is 299 g/mol. The number of carbonyl (C=O) groups excluding carboxylic acids is 1. The van der Waals surface area contributed by atoms with Crippen molar-refractivity contribution >= 4 is 23.4 Å². The van der Waals surface area contributed by atoms with Gasteiger partial charge in [0.1, 0.15) is 5.78 Å². The summed E-state index contributed by atoms with van der Waals surface area (Å²) in [5.74, 6) is -0.227. The van der Waals surface area contributed by atoms with Gasteiger partial charge >= 0.3 is 5.97 Å². The molecular formula is C14H15ClO5. The van der Waals surface area contributed by atoms with Crippen LogP contribution in [0.15, 0.2) is 12.1 Å². The average Bonchev–Trinajstić information content (AvgIpc) is 2.42. The van der Waals surface area contributed by atoms with E-state index >= 15 is 0 Å². The number of rotatable bonds is 4. The Morgan fingerprint density at radius 2 is 2.00 bits per heavy atom. The van der Waals surface area contributed by atoms with Gasteiger partial charge in [0.15, 0.2) is 11.5 Å². The summed E-state index contributed by atoms with van der Waals surface area (Å²) in [6.45, 7) is 0. The minimum absolute atomic E-state index is 0.0398. The molecule has 6 heteroatoms. The smallest absolute Gasteiger partial charge is 0.335 e. The highest BCUT2D eigenvalue weighted by Crippen LogP contribution is 2.38. The molecule has 20 heavy (non-hydrogen) atoms. The molecule has 1 N–H and O–H groups in total. The van der Waals surface area contributed by atoms with Crippen LogP contribution in [-0.4, -0.2) is 30.1 Å². The standard InChI is InChI=1S/C14H15ClO5/c1-19-12-7-8(14(17)18)6-11(15)13(12)20-10-4-2-9(16)3-5-10/h6-7,10H,2-5H2,1H3,(H,17,18). The van der Waals surface area contributed by atoms with Crippen LogP contribution in [0.4, 0.5) is 0 Å². The molecule has 0 amide bonds. The lowest BCUT2D eigenvalue weighted by Crippen LogP contribution is -2.24. The summed E-state index contributed by atoms with van der Waals surface area (Å²) in [5, 5.41) is 9.17. The lowest BCUT2D eigenvalue weighted by Gasteiger charge is -2.24. The van der Waals surface area contributed by atoms with Crippen LogP contribution in [-0.2, 0) is 4.79 Å². The molecule has 1 aliphatic carbocycles. The maximum Gasteiger partial charge on any atom is 0.335 e. The topological polar surface area (TPSA) is 72.8 Å². The Bertz CT molecular complexity index is 531. The van der Waals surface area contributed by atoms with Crippen molar-refractivity contribution in [2.24, 2.45) is 0 Å². The third-order valence-electron chi connectivity index (χ3n) is 3.25. The van der Waals surface area contributed by atoms with E-state index in [2.05, 4.69) is 0 Å². The maximum atomic E-state index is 11.2. The van der Waals surface area contributed by atoms with Gasteiger partial charge in [-0.2, -0.15) is 0 Å². The summed E-state index contributed by atoms with van der Waals surface area (Å²) in [6, 6.07) is 2.70. The van der Waals surface area contributed by atoms with Crippen molar-refractivity contribution in [3.63, 3.8) is 0 Å². The highest BCUT2D eigenvalue weighted by molar-refractivity contribution is 6.32. The number of benzene rings is 1. The lowest BCUT2D eigenvalue weighted by molar-refractivity contribution is -0.121. The molecule has 0 saturated heterocycles. The number of carboxylic acid groups (broad SMARTS) is 1. The van der Waals surface area contributed by atoms with Gasteiger partial charge in [-0.15, -0.1) is 0 Å². The van der Waals surface area contributed by atoms with Gasteiger partial charge in [0, 0.05) is 12.8 Å². The molecule has 0 radical (unpaired) electrons. The van der Waals surface area contributed by atoms with Crippen molar-refractivity contribution < 1.29 is 24.2 Å². The van der Waals surface area contributed by atoms with Crippen molar-refractivity contribution in [2.45, 2.75) is 31.8 Å². The van der Waals surface area contributed by atoms with Gasteiger partial charge in [0.25, 0.3) is 0 Å². The molecule has 1 fully saturated rings. The van der Waals surface area contributed by atoms with E-state index in [1.54, 1.807) is 0 Å².